The number of alkyl halides is 3. The van der Waals surface area contributed by atoms with Gasteiger partial charge < -0.3 is 15.2 Å². The van der Waals surface area contributed by atoms with E-state index in [-0.39, 0.29) is 30.0 Å². The van der Waals surface area contributed by atoms with Crippen LogP contribution in [0.2, 0.25) is 0 Å². The Hall–Kier alpha value is -2.87. The van der Waals surface area contributed by atoms with Gasteiger partial charge in [0, 0.05) is 0 Å². The van der Waals surface area contributed by atoms with Gasteiger partial charge in [-0.2, -0.15) is 13.2 Å². The number of halogens is 3. The first-order chi connectivity index (χ1) is 14.0. The van der Waals surface area contributed by atoms with Crippen molar-refractivity contribution >= 4 is 11.9 Å². The average molecular weight is 423 g/mol. The van der Waals surface area contributed by atoms with Crippen molar-refractivity contribution in [3.8, 4) is 0 Å². The Labute approximate surface area is 172 Å². The van der Waals surface area contributed by atoms with E-state index < -0.39 is 23.8 Å². The maximum absolute atomic E-state index is 12.7. The second-order valence-electron chi connectivity index (χ2n) is 7.33. The first kappa shape index (κ1) is 23.4. The molecule has 162 valence electrons. The normalized spacial score (nSPS) is 13.7. The van der Waals surface area contributed by atoms with Crippen LogP contribution in [0.4, 0.5) is 13.2 Å². The lowest BCUT2D eigenvalue weighted by Gasteiger charge is -2.24. The first-order valence-corrected chi connectivity index (χ1v) is 9.40. The Bertz CT molecular complexity index is 861. The van der Waals surface area contributed by atoms with Crippen molar-refractivity contribution in [1.29, 1.82) is 0 Å². The summed E-state index contributed by atoms with van der Waals surface area (Å²) in [5.74, 6) is -1.55. The molecule has 0 unspecified atom stereocenters. The number of ether oxygens (including phenoxy) is 1. The molecule has 1 amide bonds. The quantitative estimate of drug-likeness (QED) is 0.638. The number of nitrogens with one attached hydrogen (secondary N) is 1. The van der Waals surface area contributed by atoms with Crippen LogP contribution in [0, 0.1) is 5.92 Å². The van der Waals surface area contributed by atoms with Gasteiger partial charge in [0.25, 0.3) is 0 Å². The van der Waals surface area contributed by atoms with Gasteiger partial charge in [-0.1, -0.05) is 38.1 Å². The zero-order valence-electron chi connectivity index (χ0n) is 16.9. The molecule has 2 atom stereocenters. The van der Waals surface area contributed by atoms with Crippen molar-refractivity contribution in [2.24, 2.45) is 5.92 Å². The number of carbonyl (C=O) groups excluding carboxylic acids is 1. The van der Waals surface area contributed by atoms with Crippen LogP contribution in [-0.2, 0) is 22.3 Å². The summed E-state index contributed by atoms with van der Waals surface area (Å²) in [4.78, 5) is 23.6. The van der Waals surface area contributed by atoms with E-state index >= 15 is 0 Å². The average Bonchev–Trinajstić information content (AvgIpc) is 2.67. The lowest BCUT2D eigenvalue weighted by atomic mass is 10.0. The van der Waals surface area contributed by atoms with Crippen molar-refractivity contribution in [3.63, 3.8) is 0 Å². The van der Waals surface area contributed by atoms with Crippen LogP contribution in [0.1, 0.15) is 53.9 Å². The van der Waals surface area contributed by atoms with Crippen LogP contribution in [-0.4, -0.2) is 23.1 Å². The zero-order valence-corrected chi connectivity index (χ0v) is 16.9. The Morgan fingerprint density at radius 2 is 1.57 bits per heavy atom. The van der Waals surface area contributed by atoms with E-state index in [0.717, 1.165) is 17.7 Å². The smallest absolute Gasteiger partial charge is 0.416 e. The molecule has 2 N–H and O–H groups in total. The monoisotopic (exact) mass is 423 g/mol. The highest BCUT2D eigenvalue weighted by atomic mass is 19.4. The summed E-state index contributed by atoms with van der Waals surface area (Å²) >= 11 is 0. The van der Waals surface area contributed by atoms with Crippen LogP contribution in [0.25, 0.3) is 0 Å². The number of aromatic carboxylic acids is 1. The van der Waals surface area contributed by atoms with E-state index in [1.54, 1.807) is 19.1 Å². The highest BCUT2D eigenvalue weighted by molar-refractivity contribution is 5.87. The predicted molar refractivity (Wildman–Crippen MR) is 105 cm³/mol. The molecule has 0 aliphatic heterocycles. The Kier molecular flexibility index (Phi) is 7.61. The van der Waals surface area contributed by atoms with Gasteiger partial charge in [-0.25, -0.2) is 4.79 Å². The fourth-order valence-corrected chi connectivity index (χ4v) is 2.84. The number of hydrogen-bond donors (Lipinski definition) is 2. The molecule has 0 aliphatic carbocycles. The maximum Gasteiger partial charge on any atom is 0.416 e. The van der Waals surface area contributed by atoms with Gasteiger partial charge in [0.05, 0.1) is 23.8 Å². The van der Waals surface area contributed by atoms with Gasteiger partial charge in [-0.05, 0) is 48.2 Å². The van der Waals surface area contributed by atoms with E-state index in [0.29, 0.717) is 5.56 Å². The number of hydrogen-bond acceptors (Lipinski definition) is 3. The molecule has 0 aliphatic rings. The summed E-state index contributed by atoms with van der Waals surface area (Å²) in [5, 5.41) is 11.8. The summed E-state index contributed by atoms with van der Waals surface area (Å²) in [6.07, 6.45) is -5.20. The molecule has 2 aromatic carbocycles. The molecule has 5 nitrogen and oxygen atoms in total. The molecule has 0 saturated carbocycles. The molecule has 2 rings (SSSR count). The van der Waals surface area contributed by atoms with Crippen LogP contribution >= 0.6 is 0 Å². The molecule has 0 bridgehead atoms. The summed E-state index contributed by atoms with van der Waals surface area (Å²) in [6, 6.07) is 10.4. The number of amides is 1. The third-order valence-electron chi connectivity index (χ3n) is 4.59. The van der Waals surface area contributed by atoms with Gasteiger partial charge in [-0.3, -0.25) is 4.79 Å². The molecular formula is C22H24F3NO4. The van der Waals surface area contributed by atoms with E-state index in [1.807, 2.05) is 13.8 Å². The molecule has 0 spiro atoms. The minimum atomic E-state index is -4.40. The van der Waals surface area contributed by atoms with E-state index in [2.05, 4.69) is 5.32 Å². The molecule has 8 heteroatoms. The first-order valence-electron chi connectivity index (χ1n) is 9.40. The van der Waals surface area contributed by atoms with Crippen LogP contribution in [0.15, 0.2) is 48.5 Å². The summed E-state index contributed by atoms with van der Waals surface area (Å²) in [5.41, 5.74) is 0.668. The standard InChI is InChI=1S/C22H24F3NO4/c1-13(2)19(30-12-15-4-10-18(11-5-15)22(23,24)25)20(27)26-14(3)16-6-8-17(9-7-16)21(28)29/h4-11,13-14,19H,12H2,1-3H3,(H,26,27)(H,28,29)/t14-,19+/m0/s1. The Morgan fingerprint density at radius 3 is 2.03 bits per heavy atom. The third-order valence-corrected chi connectivity index (χ3v) is 4.59. The number of carboxylic acids is 1. The van der Waals surface area contributed by atoms with Gasteiger partial charge in [0.15, 0.2) is 0 Å². The lowest BCUT2D eigenvalue weighted by Crippen LogP contribution is -2.40. The summed E-state index contributed by atoms with van der Waals surface area (Å²) in [6.45, 7) is 5.38. The van der Waals surface area contributed by atoms with Crippen molar-refractivity contribution in [2.45, 2.75) is 45.7 Å². The molecule has 30 heavy (non-hydrogen) atoms. The summed E-state index contributed by atoms with van der Waals surface area (Å²) < 4.78 is 43.7. The Morgan fingerprint density at radius 1 is 1.00 bits per heavy atom. The van der Waals surface area contributed by atoms with E-state index in [9.17, 15) is 22.8 Å². The van der Waals surface area contributed by atoms with Crippen LogP contribution in [0.5, 0.6) is 0 Å². The van der Waals surface area contributed by atoms with Crippen molar-refractivity contribution in [2.75, 3.05) is 0 Å². The minimum Gasteiger partial charge on any atom is -0.478 e. The number of rotatable bonds is 8. The molecule has 0 fully saturated rings. The highest BCUT2D eigenvalue weighted by Crippen LogP contribution is 2.29. The molecule has 0 saturated heterocycles. The van der Waals surface area contributed by atoms with Gasteiger partial charge in [-0.15, -0.1) is 0 Å². The van der Waals surface area contributed by atoms with Crippen LogP contribution in [0.3, 0.4) is 0 Å². The largest absolute Gasteiger partial charge is 0.478 e. The van der Waals surface area contributed by atoms with E-state index in [4.69, 9.17) is 9.84 Å². The maximum atomic E-state index is 12.7. The number of carboxylic acid groups (broad SMARTS) is 1. The molecule has 2 aromatic rings. The fourth-order valence-electron chi connectivity index (χ4n) is 2.84. The van der Waals surface area contributed by atoms with Gasteiger partial charge in [0.1, 0.15) is 6.10 Å². The van der Waals surface area contributed by atoms with Gasteiger partial charge in [0.2, 0.25) is 5.91 Å². The lowest BCUT2D eigenvalue weighted by molar-refractivity contribution is -0.137. The second kappa shape index (κ2) is 9.75. The summed E-state index contributed by atoms with van der Waals surface area (Å²) in [7, 11) is 0. The Balaban J connectivity index is 1.99. The molecular weight excluding hydrogens is 399 g/mol. The van der Waals surface area contributed by atoms with E-state index in [1.165, 1.54) is 24.3 Å². The second-order valence-corrected chi connectivity index (χ2v) is 7.33. The number of benzene rings is 2. The molecule has 0 heterocycles. The van der Waals surface area contributed by atoms with Crippen LogP contribution < -0.4 is 5.32 Å². The van der Waals surface area contributed by atoms with Crippen molar-refractivity contribution in [1.82, 2.24) is 5.32 Å². The zero-order chi connectivity index (χ0) is 22.5. The molecule has 0 radical (unpaired) electrons. The van der Waals surface area contributed by atoms with Crippen molar-refractivity contribution < 1.29 is 32.6 Å². The highest BCUT2D eigenvalue weighted by Gasteiger charge is 2.30. The minimum absolute atomic E-state index is 0.00388. The third kappa shape index (κ3) is 6.32. The number of carbonyl (C=O) groups is 2. The SMILES string of the molecule is CC(C)[C@@H](OCc1ccc(C(F)(F)F)cc1)C(=O)N[C@@H](C)c1ccc(C(=O)O)cc1. The molecule has 0 aromatic heterocycles. The predicted octanol–water partition coefficient (Wildman–Crippen LogP) is 4.82. The van der Waals surface area contributed by atoms with Crippen molar-refractivity contribution in [3.05, 3.63) is 70.8 Å². The van der Waals surface area contributed by atoms with Gasteiger partial charge >= 0.3 is 12.1 Å². The topological polar surface area (TPSA) is 75.6 Å². The fraction of sp³-hybridized carbons (Fsp3) is 0.364.